The number of cyclic esters (lactones) is 1. The standard InChI is InChI=1S/C69H94FN11O19/c1-5-69(92)49-32-54-62-47(35-81(54)65(88)48(49)37-99-66(69)89)60-51(20-19-46-42(4)50(70)33-53(78-62)59(46)60)77-58(85)38-97-40-75-56(83)34-74-68(91)100-36-43-15-17-44(18-16-43)76-63(86)52(14-11-22-73-67(71)90)79-64(87)61(41(2)3)80-55(82)21-24-93-26-28-95-30-31-96-29-27-94-25-23-72-57(84)39-98-45-12-9-7-6-8-10-13-45/h15-18,33,41,45,48-49,51-52,54,61,92H,5-9,11-12,14,19-32,34-40H2,1-4H3,(H,72,84)(H,74,91)(H,75,83)(H,76,86)(H,77,85)(H,79,87)(H,80,82)(H3,71,73,90)/t45?,48?,49?,51-,52-,54?,61-,69-/m0/s1. The number of fused-ring (bicyclic) bond motifs is 5. The van der Waals surface area contributed by atoms with Gasteiger partial charge in [0.15, 0.2) is 5.60 Å². The summed E-state index contributed by atoms with van der Waals surface area (Å²) < 4.78 is 59.2. The van der Waals surface area contributed by atoms with E-state index in [1.165, 1.54) is 6.07 Å². The van der Waals surface area contributed by atoms with Crippen molar-refractivity contribution in [1.29, 1.82) is 0 Å². The van der Waals surface area contributed by atoms with E-state index in [-0.39, 0.29) is 109 Å². The number of aromatic nitrogens is 1. The second kappa shape index (κ2) is 38.2. The minimum atomic E-state index is -1.86. The van der Waals surface area contributed by atoms with Gasteiger partial charge in [-0.25, -0.2) is 18.8 Å². The van der Waals surface area contributed by atoms with Crippen molar-refractivity contribution in [1.82, 2.24) is 47.1 Å². The Labute approximate surface area is 579 Å². The number of anilines is 1. The Morgan fingerprint density at radius 1 is 0.820 bits per heavy atom. The van der Waals surface area contributed by atoms with Gasteiger partial charge in [0.2, 0.25) is 41.4 Å². The summed E-state index contributed by atoms with van der Waals surface area (Å²) in [6.07, 6.45) is 5.21. The molecule has 0 spiro atoms. The van der Waals surface area contributed by atoms with E-state index in [2.05, 4.69) is 54.4 Å². The van der Waals surface area contributed by atoms with Crippen LogP contribution < -0.4 is 48.3 Å². The third-order valence-corrected chi connectivity index (χ3v) is 18.2. The number of alkyl carbamates (subject to hydrolysis) is 1. The molecule has 2 saturated heterocycles. The monoisotopic (exact) mass is 1400 g/mol. The van der Waals surface area contributed by atoms with Crippen LogP contribution in [0.3, 0.4) is 0 Å². The number of rotatable bonds is 38. The summed E-state index contributed by atoms with van der Waals surface area (Å²) in [6, 6.07) is 3.51. The highest BCUT2D eigenvalue weighted by Crippen LogP contribution is 2.53. The number of nitrogens with zero attached hydrogens (tertiary/aromatic N) is 2. The Kier molecular flexibility index (Phi) is 29.5. The zero-order valence-electron chi connectivity index (χ0n) is 57.2. The molecule has 5 aliphatic rings. The maximum absolute atomic E-state index is 15.4. The summed E-state index contributed by atoms with van der Waals surface area (Å²) in [6.45, 7) is 7.82. The van der Waals surface area contributed by atoms with E-state index >= 15 is 4.39 Å². The third-order valence-electron chi connectivity index (χ3n) is 18.2. The zero-order valence-corrected chi connectivity index (χ0v) is 57.2. The smallest absolute Gasteiger partial charge is 0.407 e. The van der Waals surface area contributed by atoms with Crippen molar-refractivity contribution in [2.75, 3.05) is 104 Å². The minimum absolute atomic E-state index is 0.0397. The van der Waals surface area contributed by atoms with Crippen LogP contribution in [0.1, 0.15) is 137 Å². The van der Waals surface area contributed by atoms with Crippen molar-refractivity contribution < 1.29 is 95.3 Å². The molecule has 10 amide bonds. The SMILES string of the molecule is CC[C@@]1(O)C(=O)OCC2C(=O)N3Cc4c(nc5cc(F)c(C)c6c5c4[C@@H](NC(=O)COCNC(=O)CNC(=O)OCc4ccc(NC(=O)[C@H](CCCNC(N)=O)NC(=O)[C@@H](NC(=O)CCOCCOCCOCCOCCNC(=O)COC5C#CCCCCC5)C(C)C)cc4)CC6)C3CC21. The molecule has 3 aromatic rings. The van der Waals surface area contributed by atoms with Crippen molar-refractivity contribution in [3.05, 3.63) is 69.7 Å². The second-order valence-corrected chi connectivity index (χ2v) is 25.5. The van der Waals surface area contributed by atoms with Gasteiger partial charge in [0.05, 0.1) is 82.1 Å². The third kappa shape index (κ3) is 21.7. The Morgan fingerprint density at radius 3 is 2.27 bits per heavy atom. The van der Waals surface area contributed by atoms with Crippen molar-refractivity contribution in [3.8, 4) is 11.8 Å². The summed E-state index contributed by atoms with van der Waals surface area (Å²) in [7, 11) is 0. The largest absolute Gasteiger partial charge is 0.463 e. The molecule has 100 heavy (non-hydrogen) atoms. The highest BCUT2D eigenvalue weighted by Gasteiger charge is 2.59. The number of carbonyl (C=O) groups excluding carboxylic acids is 10. The average Bonchev–Trinajstić information content (AvgIpc) is 1.52. The number of benzene rings is 2. The molecule has 2 aromatic carbocycles. The van der Waals surface area contributed by atoms with E-state index in [0.29, 0.717) is 97.0 Å². The normalized spacial score (nSPS) is 20.3. The topological polar surface area (TPSA) is 403 Å². The van der Waals surface area contributed by atoms with E-state index in [0.717, 1.165) is 37.7 Å². The predicted molar refractivity (Wildman–Crippen MR) is 356 cm³/mol. The number of amides is 10. The Hall–Kier alpha value is -8.64. The molecule has 0 saturated carbocycles. The Morgan fingerprint density at radius 2 is 1.55 bits per heavy atom. The number of halogens is 1. The van der Waals surface area contributed by atoms with Gasteiger partial charge in [-0.15, -0.1) is 5.92 Å². The zero-order chi connectivity index (χ0) is 71.7. The highest BCUT2D eigenvalue weighted by atomic mass is 19.1. The number of primary amides is 1. The van der Waals surface area contributed by atoms with E-state index in [9.17, 15) is 53.1 Å². The van der Waals surface area contributed by atoms with Crippen LogP contribution >= 0.6 is 0 Å². The summed E-state index contributed by atoms with van der Waals surface area (Å²) in [5, 5.41) is 33.4. The molecule has 2 aliphatic carbocycles. The van der Waals surface area contributed by atoms with Crippen molar-refractivity contribution in [3.63, 3.8) is 0 Å². The number of urea groups is 1. The lowest BCUT2D eigenvalue weighted by atomic mass is 9.69. The van der Waals surface area contributed by atoms with Gasteiger partial charge >= 0.3 is 18.1 Å². The van der Waals surface area contributed by atoms with Crippen LogP contribution in [0.4, 0.5) is 19.7 Å². The van der Waals surface area contributed by atoms with E-state index in [1.54, 1.807) is 56.9 Å². The molecule has 3 aliphatic heterocycles. The van der Waals surface area contributed by atoms with Gasteiger partial charge in [-0.2, -0.15) is 0 Å². The number of hydrogen-bond donors (Lipinski definition) is 10. The Bertz CT molecular complexity index is 3460. The van der Waals surface area contributed by atoms with Crippen molar-refractivity contribution in [2.24, 2.45) is 23.5 Å². The molecule has 31 heteroatoms. The number of hydrogen-bond acceptors (Lipinski definition) is 20. The van der Waals surface area contributed by atoms with Crippen LogP contribution in [0.5, 0.6) is 0 Å². The van der Waals surface area contributed by atoms with E-state index in [4.69, 9.17) is 48.6 Å². The molecular formula is C69H94FN11O19. The van der Waals surface area contributed by atoms with Crippen LogP contribution in [-0.2, 0) is 95.8 Å². The summed E-state index contributed by atoms with van der Waals surface area (Å²) in [5.74, 6) is -0.244. The lowest BCUT2D eigenvalue weighted by molar-refractivity contribution is -0.202. The van der Waals surface area contributed by atoms with Gasteiger partial charge in [-0.3, -0.25) is 38.5 Å². The van der Waals surface area contributed by atoms with Crippen LogP contribution in [0, 0.1) is 42.3 Å². The van der Waals surface area contributed by atoms with Gasteiger partial charge in [-0.05, 0) is 105 Å². The first-order chi connectivity index (χ1) is 48.1. The van der Waals surface area contributed by atoms with Gasteiger partial charge in [0.1, 0.15) is 63.7 Å². The highest BCUT2D eigenvalue weighted by molar-refractivity contribution is 5.99. The first kappa shape index (κ1) is 77.1. The van der Waals surface area contributed by atoms with Crippen LogP contribution in [-0.4, -0.2) is 197 Å². The molecule has 4 heterocycles. The second-order valence-electron chi connectivity index (χ2n) is 25.5. The summed E-state index contributed by atoms with van der Waals surface area (Å²) >= 11 is 0. The van der Waals surface area contributed by atoms with Gasteiger partial charge in [0, 0.05) is 61.1 Å². The fourth-order valence-corrected chi connectivity index (χ4v) is 12.8. The number of esters is 1. The van der Waals surface area contributed by atoms with Crippen LogP contribution in [0.2, 0.25) is 0 Å². The number of carbonyl (C=O) groups is 10. The summed E-state index contributed by atoms with van der Waals surface area (Å²) in [5.41, 5.74) is 7.73. The van der Waals surface area contributed by atoms with Gasteiger partial charge < -0.3 is 96.2 Å². The number of nitrogens with two attached hydrogens (primary N) is 1. The summed E-state index contributed by atoms with van der Waals surface area (Å²) in [4.78, 5) is 136. The molecule has 11 N–H and O–H groups in total. The van der Waals surface area contributed by atoms with E-state index in [1.807, 2.05) is 0 Å². The van der Waals surface area contributed by atoms with E-state index < -0.39 is 115 Å². The lowest BCUT2D eigenvalue weighted by Gasteiger charge is -2.48. The molecule has 0 radical (unpaired) electrons. The molecule has 2 fully saturated rings. The quantitative estimate of drug-likeness (QED) is 0.0170. The number of pyridine rings is 1. The van der Waals surface area contributed by atoms with Crippen molar-refractivity contribution in [2.45, 2.75) is 154 Å². The van der Waals surface area contributed by atoms with Gasteiger partial charge in [-0.1, -0.05) is 45.2 Å². The first-order valence-corrected chi connectivity index (χ1v) is 34.2. The van der Waals surface area contributed by atoms with Crippen molar-refractivity contribution >= 4 is 76.0 Å². The molecular weight excluding hydrogens is 1310 g/mol. The first-order valence-electron chi connectivity index (χ1n) is 34.2. The number of piperidine rings is 1. The van der Waals surface area contributed by atoms with Gasteiger partial charge in [0.25, 0.3) is 0 Å². The molecule has 4 unspecified atom stereocenters. The molecule has 30 nitrogen and oxygen atoms in total. The molecule has 8 rings (SSSR count). The lowest BCUT2D eigenvalue weighted by Crippen LogP contribution is -2.61. The van der Waals surface area contributed by atoms with Crippen LogP contribution in [0.25, 0.3) is 10.9 Å². The fourth-order valence-electron chi connectivity index (χ4n) is 12.8. The number of aliphatic hydroxyl groups is 1. The maximum Gasteiger partial charge on any atom is 0.407 e. The maximum atomic E-state index is 15.4. The predicted octanol–water partition coefficient (Wildman–Crippen LogP) is 2.46. The minimum Gasteiger partial charge on any atom is -0.463 e. The molecule has 8 atom stereocenters. The number of nitrogens with one attached hydrogen (secondary N) is 8. The number of aryl methyl sites for hydroxylation is 1. The Balaban J connectivity index is 0.691. The van der Waals surface area contributed by atoms with Crippen LogP contribution in [0.15, 0.2) is 30.3 Å². The average molecular weight is 1400 g/mol. The molecule has 1 aromatic heterocycles. The number of ether oxygens (including phenoxy) is 8. The molecule has 546 valence electrons. The molecule has 0 bridgehead atoms. The fraction of sp³-hybridized carbons (Fsp3) is 0.609.